The second kappa shape index (κ2) is 10.5. The first-order valence-corrected chi connectivity index (χ1v) is 11.5. The van der Waals surface area contributed by atoms with Crippen molar-refractivity contribution in [1.29, 1.82) is 0 Å². The molecule has 3 aromatic carbocycles. The van der Waals surface area contributed by atoms with Gasteiger partial charge in [0, 0.05) is 13.0 Å². The Hall–Kier alpha value is -3.11. The van der Waals surface area contributed by atoms with Gasteiger partial charge in [-0.25, -0.2) is 0 Å². The van der Waals surface area contributed by atoms with E-state index in [9.17, 15) is 4.79 Å². The standard InChI is InChI=1S/C28H31NO3/c1-20-24(8-4-9-25(20)27-11-3-7-21-6-2-10-26(21)27)22-13-15-23(16-14-22)32-19-18-29-17-5-12-28(30)31/h3-4,7-9,11,13-16,29H,2,5-6,10,12,17-19H2,1H3,(H,30,31). The Balaban J connectivity index is 1.40. The van der Waals surface area contributed by atoms with Crippen molar-refractivity contribution in [3.63, 3.8) is 0 Å². The molecule has 0 amide bonds. The van der Waals surface area contributed by atoms with Gasteiger partial charge in [0.05, 0.1) is 0 Å². The van der Waals surface area contributed by atoms with Gasteiger partial charge in [-0.1, -0.05) is 48.5 Å². The average molecular weight is 430 g/mol. The average Bonchev–Trinajstić information content (AvgIpc) is 3.28. The predicted molar refractivity (Wildman–Crippen MR) is 129 cm³/mol. The zero-order valence-electron chi connectivity index (χ0n) is 18.7. The van der Waals surface area contributed by atoms with Crippen LogP contribution in [-0.4, -0.2) is 30.8 Å². The molecule has 0 aliphatic heterocycles. The minimum atomic E-state index is -0.753. The van der Waals surface area contributed by atoms with E-state index in [1.165, 1.54) is 58.2 Å². The Labute approximate surface area is 190 Å². The van der Waals surface area contributed by atoms with E-state index in [0.717, 1.165) is 5.75 Å². The van der Waals surface area contributed by atoms with Gasteiger partial charge < -0.3 is 15.2 Å². The monoisotopic (exact) mass is 429 g/mol. The van der Waals surface area contributed by atoms with Crippen LogP contribution in [0.15, 0.2) is 60.7 Å². The van der Waals surface area contributed by atoms with E-state index in [1.54, 1.807) is 0 Å². The Morgan fingerprint density at radius 1 is 0.938 bits per heavy atom. The topological polar surface area (TPSA) is 58.6 Å². The van der Waals surface area contributed by atoms with Crippen LogP contribution in [0.1, 0.15) is 36.0 Å². The molecule has 1 aliphatic carbocycles. The summed E-state index contributed by atoms with van der Waals surface area (Å²) < 4.78 is 5.82. The van der Waals surface area contributed by atoms with Crippen LogP contribution in [0.25, 0.3) is 22.3 Å². The van der Waals surface area contributed by atoms with Crippen molar-refractivity contribution in [3.05, 3.63) is 77.4 Å². The molecule has 32 heavy (non-hydrogen) atoms. The van der Waals surface area contributed by atoms with Gasteiger partial charge >= 0.3 is 5.97 Å². The maximum atomic E-state index is 10.5. The fourth-order valence-corrected chi connectivity index (χ4v) is 4.57. The number of aliphatic carboxylic acids is 1. The first kappa shape index (κ1) is 22.1. The number of carboxylic acids is 1. The normalized spacial score (nSPS) is 12.5. The molecule has 0 spiro atoms. The molecule has 4 heteroatoms. The number of rotatable bonds is 10. The molecule has 4 nitrogen and oxygen atoms in total. The van der Waals surface area contributed by atoms with Gasteiger partial charge in [-0.15, -0.1) is 0 Å². The summed E-state index contributed by atoms with van der Waals surface area (Å²) in [5.74, 6) is 0.0902. The van der Waals surface area contributed by atoms with Crippen molar-refractivity contribution in [2.45, 2.75) is 39.0 Å². The highest BCUT2D eigenvalue weighted by Crippen LogP contribution is 2.37. The third kappa shape index (κ3) is 5.20. The second-order valence-electron chi connectivity index (χ2n) is 8.40. The Kier molecular flexibility index (Phi) is 7.23. The summed E-state index contributed by atoms with van der Waals surface area (Å²) in [5, 5.41) is 11.9. The fourth-order valence-electron chi connectivity index (χ4n) is 4.57. The molecule has 0 bridgehead atoms. The van der Waals surface area contributed by atoms with Crippen LogP contribution < -0.4 is 10.1 Å². The molecular formula is C28H31NO3. The van der Waals surface area contributed by atoms with Crippen molar-refractivity contribution in [2.24, 2.45) is 0 Å². The van der Waals surface area contributed by atoms with Crippen molar-refractivity contribution < 1.29 is 14.6 Å². The van der Waals surface area contributed by atoms with Gasteiger partial charge in [0.15, 0.2) is 0 Å². The van der Waals surface area contributed by atoms with Crippen LogP contribution in [0.3, 0.4) is 0 Å². The lowest BCUT2D eigenvalue weighted by Crippen LogP contribution is -2.22. The number of carboxylic acid groups (broad SMARTS) is 1. The summed E-state index contributed by atoms with van der Waals surface area (Å²) >= 11 is 0. The fraction of sp³-hybridized carbons (Fsp3) is 0.321. The summed E-state index contributed by atoms with van der Waals surface area (Å²) in [7, 11) is 0. The van der Waals surface area contributed by atoms with E-state index >= 15 is 0 Å². The largest absolute Gasteiger partial charge is 0.492 e. The van der Waals surface area contributed by atoms with Crippen molar-refractivity contribution in [2.75, 3.05) is 19.7 Å². The molecule has 166 valence electrons. The number of carbonyl (C=O) groups is 1. The molecule has 0 heterocycles. The van der Waals surface area contributed by atoms with Gasteiger partial charge in [0.1, 0.15) is 12.4 Å². The summed E-state index contributed by atoms with van der Waals surface area (Å²) in [4.78, 5) is 10.5. The number of ether oxygens (including phenoxy) is 1. The number of hydrogen-bond donors (Lipinski definition) is 2. The smallest absolute Gasteiger partial charge is 0.303 e. The third-order valence-corrected chi connectivity index (χ3v) is 6.23. The van der Waals surface area contributed by atoms with Crippen LogP contribution in [0.4, 0.5) is 0 Å². The first-order valence-electron chi connectivity index (χ1n) is 11.5. The van der Waals surface area contributed by atoms with E-state index in [2.05, 4.69) is 60.8 Å². The SMILES string of the molecule is Cc1c(-c2ccc(OCCNCCCC(=O)O)cc2)cccc1-c1cccc2c1CCC2. The van der Waals surface area contributed by atoms with Crippen molar-refractivity contribution in [1.82, 2.24) is 5.32 Å². The third-order valence-electron chi connectivity index (χ3n) is 6.23. The highest BCUT2D eigenvalue weighted by atomic mass is 16.5. The van der Waals surface area contributed by atoms with E-state index in [4.69, 9.17) is 9.84 Å². The van der Waals surface area contributed by atoms with Crippen LogP contribution in [0.2, 0.25) is 0 Å². The summed E-state index contributed by atoms with van der Waals surface area (Å²) in [6.07, 6.45) is 4.46. The molecule has 4 rings (SSSR count). The predicted octanol–water partition coefficient (Wildman–Crippen LogP) is 5.65. The van der Waals surface area contributed by atoms with Gasteiger partial charge in [-0.3, -0.25) is 4.79 Å². The molecule has 2 N–H and O–H groups in total. The molecular weight excluding hydrogens is 398 g/mol. The van der Waals surface area contributed by atoms with Gasteiger partial charge in [0.2, 0.25) is 0 Å². The molecule has 3 aromatic rings. The number of benzene rings is 3. The Morgan fingerprint density at radius 3 is 2.50 bits per heavy atom. The second-order valence-corrected chi connectivity index (χ2v) is 8.40. The lowest BCUT2D eigenvalue weighted by atomic mass is 9.89. The number of aryl methyl sites for hydroxylation is 1. The van der Waals surface area contributed by atoms with E-state index in [0.29, 0.717) is 26.1 Å². The number of hydrogen-bond acceptors (Lipinski definition) is 3. The van der Waals surface area contributed by atoms with Crippen LogP contribution in [0, 0.1) is 6.92 Å². The van der Waals surface area contributed by atoms with E-state index in [1.807, 2.05) is 12.1 Å². The molecule has 0 radical (unpaired) electrons. The highest BCUT2D eigenvalue weighted by Gasteiger charge is 2.17. The lowest BCUT2D eigenvalue weighted by molar-refractivity contribution is -0.137. The maximum absolute atomic E-state index is 10.5. The molecule has 0 atom stereocenters. The zero-order valence-corrected chi connectivity index (χ0v) is 18.7. The van der Waals surface area contributed by atoms with E-state index in [-0.39, 0.29) is 6.42 Å². The van der Waals surface area contributed by atoms with Gasteiger partial charge in [0.25, 0.3) is 0 Å². The Bertz CT molecular complexity index is 1070. The number of nitrogens with one attached hydrogen (secondary N) is 1. The summed E-state index contributed by atoms with van der Waals surface area (Å²) in [5.41, 5.74) is 9.50. The summed E-state index contributed by atoms with van der Waals surface area (Å²) in [6.45, 7) is 4.16. The molecule has 1 aliphatic rings. The molecule has 0 aromatic heterocycles. The summed E-state index contributed by atoms with van der Waals surface area (Å²) in [6, 6.07) is 21.6. The van der Waals surface area contributed by atoms with Gasteiger partial charge in [-0.05, 0) is 90.2 Å². The van der Waals surface area contributed by atoms with Crippen LogP contribution in [0.5, 0.6) is 5.75 Å². The first-order chi connectivity index (χ1) is 15.6. The zero-order chi connectivity index (χ0) is 22.3. The minimum absolute atomic E-state index is 0.197. The molecule has 0 saturated heterocycles. The quantitative estimate of drug-likeness (QED) is 0.409. The van der Waals surface area contributed by atoms with E-state index < -0.39 is 5.97 Å². The molecule has 0 fully saturated rings. The van der Waals surface area contributed by atoms with Crippen LogP contribution >= 0.6 is 0 Å². The maximum Gasteiger partial charge on any atom is 0.303 e. The van der Waals surface area contributed by atoms with Crippen molar-refractivity contribution in [3.8, 4) is 28.0 Å². The van der Waals surface area contributed by atoms with Crippen molar-refractivity contribution >= 4 is 5.97 Å². The lowest BCUT2D eigenvalue weighted by Gasteiger charge is -2.15. The molecule has 0 saturated carbocycles. The number of fused-ring (bicyclic) bond motifs is 1. The van der Waals surface area contributed by atoms with Crippen LogP contribution in [-0.2, 0) is 17.6 Å². The minimum Gasteiger partial charge on any atom is -0.492 e. The Morgan fingerprint density at radius 2 is 1.69 bits per heavy atom. The molecule has 0 unspecified atom stereocenters. The highest BCUT2D eigenvalue weighted by molar-refractivity contribution is 5.80. The van der Waals surface area contributed by atoms with Gasteiger partial charge in [-0.2, -0.15) is 0 Å².